The Morgan fingerprint density at radius 3 is 2.61 bits per heavy atom. The van der Waals surface area contributed by atoms with Gasteiger partial charge in [-0.3, -0.25) is 10.1 Å². The third-order valence-corrected chi connectivity index (χ3v) is 3.61. The minimum Gasteiger partial charge on any atom is -0.493 e. The molecule has 2 rings (SSSR count). The summed E-state index contributed by atoms with van der Waals surface area (Å²) in [5.41, 5.74) is 0.531. The van der Waals surface area contributed by atoms with Gasteiger partial charge in [-0.1, -0.05) is 15.9 Å². The van der Waals surface area contributed by atoms with E-state index in [1.54, 1.807) is 24.3 Å². The van der Waals surface area contributed by atoms with Gasteiger partial charge in [0.15, 0.2) is 17.4 Å². The SMILES string of the molecule is COc1cc(Br)c(/C=C(\C#N)C(=O)Nc2ccco2)cc1OC. The third-order valence-electron chi connectivity index (χ3n) is 2.93. The summed E-state index contributed by atoms with van der Waals surface area (Å²) in [6.07, 6.45) is 2.88. The highest BCUT2D eigenvalue weighted by molar-refractivity contribution is 9.10. The van der Waals surface area contributed by atoms with Gasteiger partial charge in [0, 0.05) is 10.5 Å². The molecule has 1 aromatic heterocycles. The number of hydrogen-bond acceptors (Lipinski definition) is 5. The molecule has 1 amide bonds. The van der Waals surface area contributed by atoms with Crippen LogP contribution in [0.25, 0.3) is 6.08 Å². The fourth-order valence-corrected chi connectivity index (χ4v) is 2.25. The lowest BCUT2D eigenvalue weighted by atomic mass is 10.1. The lowest BCUT2D eigenvalue weighted by Crippen LogP contribution is -2.12. The van der Waals surface area contributed by atoms with E-state index in [2.05, 4.69) is 21.2 Å². The quantitative estimate of drug-likeness (QED) is 0.636. The van der Waals surface area contributed by atoms with Crippen molar-refractivity contribution in [3.05, 3.63) is 46.1 Å². The van der Waals surface area contributed by atoms with Crippen LogP contribution in [0.2, 0.25) is 0 Å². The van der Waals surface area contributed by atoms with Gasteiger partial charge in [0.25, 0.3) is 5.91 Å². The van der Waals surface area contributed by atoms with Crippen LogP contribution in [0.15, 0.2) is 45.0 Å². The highest BCUT2D eigenvalue weighted by Gasteiger charge is 2.14. The summed E-state index contributed by atoms with van der Waals surface area (Å²) in [6, 6.07) is 8.45. The normalized spacial score (nSPS) is 10.8. The Balaban J connectivity index is 2.34. The van der Waals surface area contributed by atoms with Crippen molar-refractivity contribution in [1.29, 1.82) is 5.26 Å². The first-order valence-corrected chi connectivity index (χ1v) is 7.26. The Morgan fingerprint density at radius 2 is 2.04 bits per heavy atom. The molecule has 0 unspecified atom stereocenters. The third kappa shape index (κ3) is 3.93. The van der Waals surface area contributed by atoms with E-state index in [-0.39, 0.29) is 11.5 Å². The van der Waals surface area contributed by atoms with Gasteiger partial charge < -0.3 is 13.9 Å². The van der Waals surface area contributed by atoms with Gasteiger partial charge >= 0.3 is 0 Å². The molecule has 0 radical (unpaired) electrons. The van der Waals surface area contributed by atoms with E-state index in [0.29, 0.717) is 21.5 Å². The number of rotatable bonds is 5. The van der Waals surface area contributed by atoms with Crippen molar-refractivity contribution in [3.8, 4) is 17.6 Å². The minimum absolute atomic E-state index is 0.0747. The standard InChI is InChI=1S/C16H13BrN2O4/c1-21-13-7-10(12(17)8-14(13)22-2)6-11(9-18)16(20)19-15-4-3-5-23-15/h3-8H,1-2H3,(H,19,20)/b11-6+. The second-order valence-electron chi connectivity index (χ2n) is 4.33. The largest absolute Gasteiger partial charge is 0.493 e. The Morgan fingerprint density at radius 1 is 1.35 bits per heavy atom. The fraction of sp³-hybridized carbons (Fsp3) is 0.125. The number of carbonyl (C=O) groups excluding carboxylic acids is 1. The van der Waals surface area contributed by atoms with Gasteiger partial charge in [-0.2, -0.15) is 5.26 Å². The van der Waals surface area contributed by atoms with E-state index in [1.165, 1.54) is 26.6 Å². The molecule has 7 heteroatoms. The molecule has 0 aliphatic carbocycles. The molecular weight excluding hydrogens is 364 g/mol. The molecule has 1 N–H and O–H groups in total. The van der Waals surface area contributed by atoms with Crippen LogP contribution in [0.1, 0.15) is 5.56 Å². The summed E-state index contributed by atoms with van der Waals surface area (Å²) in [4.78, 5) is 12.1. The average Bonchev–Trinajstić information content (AvgIpc) is 3.06. The Labute approximate surface area is 141 Å². The first-order chi connectivity index (χ1) is 11.1. The van der Waals surface area contributed by atoms with E-state index in [1.807, 2.05) is 6.07 Å². The number of anilines is 1. The van der Waals surface area contributed by atoms with Gasteiger partial charge in [0.05, 0.1) is 20.5 Å². The van der Waals surface area contributed by atoms with E-state index < -0.39 is 5.91 Å². The molecule has 23 heavy (non-hydrogen) atoms. The van der Waals surface area contributed by atoms with E-state index in [0.717, 1.165) is 0 Å². The average molecular weight is 377 g/mol. The maximum atomic E-state index is 12.1. The first kappa shape index (κ1) is 16.6. The molecule has 0 bridgehead atoms. The molecule has 1 aromatic carbocycles. The number of hydrogen-bond donors (Lipinski definition) is 1. The lowest BCUT2D eigenvalue weighted by molar-refractivity contribution is -0.112. The smallest absolute Gasteiger partial charge is 0.268 e. The van der Waals surface area contributed by atoms with Gasteiger partial charge in [-0.05, 0) is 29.8 Å². The minimum atomic E-state index is -0.566. The molecule has 0 atom stereocenters. The summed E-state index contributed by atoms with van der Waals surface area (Å²) in [5.74, 6) is 0.729. The number of nitrogens with one attached hydrogen (secondary N) is 1. The van der Waals surface area contributed by atoms with E-state index in [9.17, 15) is 10.1 Å². The molecule has 0 spiro atoms. The van der Waals surface area contributed by atoms with Gasteiger partial charge in [-0.25, -0.2) is 0 Å². The molecule has 0 aliphatic rings. The first-order valence-electron chi connectivity index (χ1n) is 6.47. The maximum absolute atomic E-state index is 12.1. The van der Waals surface area contributed by atoms with Crippen molar-refractivity contribution in [2.75, 3.05) is 19.5 Å². The molecule has 0 saturated carbocycles. The van der Waals surface area contributed by atoms with Crippen molar-refractivity contribution in [1.82, 2.24) is 0 Å². The van der Waals surface area contributed by atoms with Gasteiger partial charge in [0.1, 0.15) is 11.6 Å². The number of nitriles is 1. The second kappa shape index (κ2) is 7.51. The van der Waals surface area contributed by atoms with Crippen LogP contribution in [0.5, 0.6) is 11.5 Å². The summed E-state index contributed by atoms with van der Waals surface area (Å²) in [5, 5.41) is 11.7. The number of benzene rings is 1. The highest BCUT2D eigenvalue weighted by Crippen LogP contribution is 2.34. The molecule has 6 nitrogen and oxygen atoms in total. The zero-order valence-corrected chi connectivity index (χ0v) is 14.0. The Hall–Kier alpha value is -2.72. The van der Waals surface area contributed by atoms with Gasteiger partial charge in [-0.15, -0.1) is 0 Å². The van der Waals surface area contributed by atoms with Crippen LogP contribution < -0.4 is 14.8 Å². The molecule has 2 aromatic rings. The monoisotopic (exact) mass is 376 g/mol. The summed E-state index contributed by atoms with van der Waals surface area (Å²) in [7, 11) is 3.03. The Kier molecular flexibility index (Phi) is 5.44. The van der Waals surface area contributed by atoms with Crippen LogP contribution in [0.4, 0.5) is 5.88 Å². The Bertz CT molecular complexity index is 776. The van der Waals surface area contributed by atoms with Crippen LogP contribution in [-0.4, -0.2) is 20.1 Å². The number of carbonyl (C=O) groups is 1. The number of amides is 1. The van der Waals surface area contributed by atoms with Gasteiger partial charge in [0.2, 0.25) is 0 Å². The summed E-state index contributed by atoms with van der Waals surface area (Å²) < 4.78 is 16.1. The molecule has 0 fully saturated rings. The van der Waals surface area contributed by atoms with Crippen LogP contribution in [0.3, 0.4) is 0 Å². The van der Waals surface area contributed by atoms with Crippen molar-refractivity contribution in [2.45, 2.75) is 0 Å². The zero-order chi connectivity index (χ0) is 16.8. The summed E-state index contributed by atoms with van der Waals surface area (Å²) in [6.45, 7) is 0. The van der Waals surface area contributed by atoms with Crippen molar-refractivity contribution in [2.24, 2.45) is 0 Å². The zero-order valence-electron chi connectivity index (χ0n) is 12.4. The topological polar surface area (TPSA) is 84.5 Å². The number of nitrogens with zero attached hydrogens (tertiary/aromatic N) is 1. The van der Waals surface area contributed by atoms with Crippen molar-refractivity contribution < 1.29 is 18.7 Å². The fourth-order valence-electron chi connectivity index (χ4n) is 1.81. The predicted molar refractivity (Wildman–Crippen MR) is 88.2 cm³/mol. The molecular formula is C16H13BrN2O4. The number of furan rings is 1. The van der Waals surface area contributed by atoms with E-state index in [4.69, 9.17) is 13.9 Å². The molecule has 1 heterocycles. The maximum Gasteiger partial charge on any atom is 0.268 e. The number of ether oxygens (including phenoxy) is 2. The van der Waals surface area contributed by atoms with Crippen LogP contribution in [-0.2, 0) is 4.79 Å². The van der Waals surface area contributed by atoms with Crippen LogP contribution >= 0.6 is 15.9 Å². The second-order valence-corrected chi connectivity index (χ2v) is 5.18. The molecule has 0 saturated heterocycles. The predicted octanol–water partition coefficient (Wildman–Crippen LogP) is 3.60. The van der Waals surface area contributed by atoms with Crippen LogP contribution in [0, 0.1) is 11.3 Å². The van der Waals surface area contributed by atoms with E-state index >= 15 is 0 Å². The highest BCUT2D eigenvalue weighted by atomic mass is 79.9. The van der Waals surface area contributed by atoms with Crippen molar-refractivity contribution >= 4 is 33.8 Å². The number of halogens is 1. The summed E-state index contributed by atoms with van der Waals surface area (Å²) >= 11 is 3.38. The number of methoxy groups -OCH3 is 2. The molecule has 118 valence electrons. The van der Waals surface area contributed by atoms with Crippen molar-refractivity contribution in [3.63, 3.8) is 0 Å². The molecule has 0 aliphatic heterocycles. The lowest BCUT2D eigenvalue weighted by Gasteiger charge is -2.10.